The Morgan fingerprint density at radius 3 is 1.73 bits per heavy atom. The topological polar surface area (TPSA) is 13.1 Å². The predicted octanol–water partition coefficient (Wildman–Crippen LogP) is 12.5. The fourth-order valence-corrected chi connectivity index (χ4v) is 7.72. The number of hydrogen-bond acceptors (Lipinski definition) is 1. The second-order valence-electron chi connectivity index (χ2n) is 12.6. The second-order valence-corrected chi connectivity index (χ2v) is 12.6. The van der Waals surface area contributed by atoms with E-state index in [1.54, 1.807) is 0 Å². The third-order valence-corrected chi connectivity index (χ3v) is 9.85. The van der Waals surface area contributed by atoms with E-state index < -0.39 is 0 Å². The lowest BCUT2D eigenvalue weighted by molar-refractivity contribution is 1.17. The lowest BCUT2D eigenvalue weighted by Gasteiger charge is -2.27. The maximum absolute atomic E-state index is 2.45. The summed E-state index contributed by atoms with van der Waals surface area (Å²) >= 11 is 0. The fraction of sp³-hybridized carbons (Fsp3) is 0. The van der Waals surface area contributed by atoms with Gasteiger partial charge in [0.1, 0.15) is 0 Å². The molecule has 3 nitrogen and oxygen atoms in total. The molecule has 0 atom stereocenters. The summed E-state index contributed by atoms with van der Waals surface area (Å²) < 4.78 is 4.82. The van der Waals surface area contributed by atoms with Crippen molar-refractivity contribution in [1.82, 2.24) is 9.13 Å². The third-order valence-electron chi connectivity index (χ3n) is 9.85. The molecule has 0 saturated heterocycles. The molecule has 0 unspecified atom stereocenters. The molecule has 0 N–H and O–H groups in total. The minimum Gasteiger partial charge on any atom is -0.309 e. The molecule has 0 saturated carbocycles. The molecule has 0 spiro atoms. The van der Waals surface area contributed by atoms with Crippen LogP contribution in [-0.2, 0) is 0 Å². The Balaban J connectivity index is 1.28. The Kier molecular flexibility index (Phi) is 6.18. The van der Waals surface area contributed by atoms with Gasteiger partial charge in [0.05, 0.1) is 27.8 Å². The van der Waals surface area contributed by atoms with Gasteiger partial charge in [-0.3, -0.25) is 0 Å². The normalized spacial score (nSPS) is 11.7. The quantitative estimate of drug-likeness (QED) is 0.185. The monoisotopic (exact) mass is 625 g/mol. The van der Waals surface area contributed by atoms with Crippen LogP contribution in [0.2, 0.25) is 0 Å². The molecule has 0 aliphatic heterocycles. The number of hydrogen-bond donors (Lipinski definition) is 0. The highest BCUT2D eigenvalue weighted by atomic mass is 15.2. The first-order valence-corrected chi connectivity index (χ1v) is 16.8. The van der Waals surface area contributed by atoms with E-state index in [0.29, 0.717) is 0 Å². The lowest BCUT2D eigenvalue weighted by atomic mass is 10.1. The summed E-state index contributed by atoms with van der Waals surface area (Å²) in [5.74, 6) is 0. The number of para-hydroxylation sites is 5. The predicted molar refractivity (Wildman–Crippen MR) is 207 cm³/mol. The van der Waals surface area contributed by atoms with Gasteiger partial charge < -0.3 is 14.0 Å². The summed E-state index contributed by atoms with van der Waals surface area (Å²) in [7, 11) is 0. The summed E-state index contributed by atoms with van der Waals surface area (Å²) in [5.41, 5.74) is 10.4. The highest BCUT2D eigenvalue weighted by Gasteiger charge is 2.22. The van der Waals surface area contributed by atoms with Crippen molar-refractivity contribution in [2.24, 2.45) is 0 Å². The van der Waals surface area contributed by atoms with Gasteiger partial charge >= 0.3 is 0 Å². The Hall–Kier alpha value is -6.58. The first-order chi connectivity index (χ1) is 24.3. The summed E-state index contributed by atoms with van der Waals surface area (Å²) in [4.78, 5) is 2.42. The number of fused-ring (bicyclic) bond motifs is 7. The molecule has 49 heavy (non-hydrogen) atoms. The molecule has 0 bridgehead atoms. The largest absolute Gasteiger partial charge is 0.309 e. The van der Waals surface area contributed by atoms with Crippen molar-refractivity contribution in [2.75, 3.05) is 4.90 Å². The first kappa shape index (κ1) is 27.5. The second kappa shape index (κ2) is 11.0. The van der Waals surface area contributed by atoms with Crippen molar-refractivity contribution in [1.29, 1.82) is 0 Å². The molecular formula is C46H31N3. The van der Waals surface area contributed by atoms with Crippen molar-refractivity contribution in [2.45, 2.75) is 0 Å². The highest BCUT2D eigenvalue weighted by Crippen LogP contribution is 2.45. The van der Waals surface area contributed by atoms with Crippen molar-refractivity contribution in [3.8, 4) is 11.4 Å². The van der Waals surface area contributed by atoms with E-state index in [0.717, 1.165) is 28.4 Å². The molecule has 2 aromatic heterocycles. The lowest BCUT2D eigenvalue weighted by Crippen LogP contribution is -2.11. The van der Waals surface area contributed by atoms with Gasteiger partial charge in [0.25, 0.3) is 0 Å². The van der Waals surface area contributed by atoms with E-state index in [9.17, 15) is 0 Å². The van der Waals surface area contributed by atoms with E-state index >= 15 is 0 Å². The Morgan fingerprint density at radius 1 is 0.327 bits per heavy atom. The summed E-state index contributed by atoms with van der Waals surface area (Å²) in [5, 5.41) is 7.38. The van der Waals surface area contributed by atoms with Crippen LogP contribution in [0.25, 0.3) is 65.8 Å². The molecule has 2 heterocycles. The van der Waals surface area contributed by atoms with Crippen molar-refractivity contribution >= 4 is 71.4 Å². The van der Waals surface area contributed by atoms with Gasteiger partial charge in [0.15, 0.2) is 0 Å². The van der Waals surface area contributed by atoms with E-state index in [1.807, 2.05) is 0 Å². The number of anilines is 3. The van der Waals surface area contributed by atoms with E-state index in [1.165, 1.54) is 54.4 Å². The molecule has 8 aromatic carbocycles. The third kappa shape index (κ3) is 4.29. The number of benzene rings is 8. The average molecular weight is 626 g/mol. The van der Waals surface area contributed by atoms with Gasteiger partial charge in [-0.2, -0.15) is 0 Å². The maximum atomic E-state index is 2.45. The molecule has 230 valence electrons. The smallest absolute Gasteiger partial charge is 0.0782 e. The standard InChI is InChI=1S/C46H31N3/c1-3-16-34(17-4-1)47(37-28-29-44-41(31-37)39-21-10-11-23-42(39)48(44)35-18-5-2-6-19-35)45-25-13-22-40-38-20-9-12-24-43(38)49(46(40)45)36-27-26-32-14-7-8-15-33(32)30-36/h1-31H. The molecule has 0 aliphatic rings. The van der Waals surface area contributed by atoms with Crippen LogP contribution >= 0.6 is 0 Å². The van der Waals surface area contributed by atoms with Gasteiger partial charge in [-0.15, -0.1) is 0 Å². The van der Waals surface area contributed by atoms with Crippen LogP contribution < -0.4 is 4.90 Å². The zero-order valence-electron chi connectivity index (χ0n) is 26.7. The molecule has 0 amide bonds. The van der Waals surface area contributed by atoms with Gasteiger partial charge in [-0.1, -0.05) is 115 Å². The molecule has 3 heteroatoms. The van der Waals surface area contributed by atoms with Crippen molar-refractivity contribution in [3.63, 3.8) is 0 Å². The van der Waals surface area contributed by atoms with Gasteiger partial charge in [-0.05, 0) is 83.6 Å². The van der Waals surface area contributed by atoms with Crippen LogP contribution in [0, 0.1) is 0 Å². The summed E-state index contributed by atoms with van der Waals surface area (Å²) in [6, 6.07) is 68.0. The minimum atomic E-state index is 1.11. The van der Waals surface area contributed by atoms with Crippen molar-refractivity contribution in [3.05, 3.63) is 188 Å². The Labute approximate surface area is 284 Å². The molecule has 0 fully saturated rings. The van der Waals surface area contributed by atoms with E-state index in [-0.39, 0.29) is 0 Å². The SMILES string of the molecule is c1ccc(N(c2ccc3c(c2)c2ccccc2n3-c2ccccc2)c2cccc3c4ccccc4n(-c4ccc5ccccc5c4)c23)cc1. The van der Waals surface area contributed by atoms with Crippen LogP contribution in [-0.4, -0.2) is 9.13 Å². The molecule has 0 radical (unpaired) electrons. The highest BCUT2D eigenvalue weighted by molar-refractivity contribution is 6.15. The van der Waals surface area contributed by atoms with Crippen molar-refractivity contribution < 1.29 is 0 Å². The van der Waals surface area contributed by atoms with E-state index in [4.69, 9.17) is 0 Å². The Bertz CT molecular complexity index is 2830. The Morgan fingerprint density at radius 2 is 0.939 bits per heavy atom. The molecule has 0 aliphatic carbocycles. The molecule has 10 rings (SSSR count). The van der Waals surface area contributed by atoms with Crippen LogP contribution in [0.4, 0.5) is 17.1 Å². The van der Waals surface area contributed by atoms with E-state index in [2.05, 4.69) is 202 Å². The zero-order valence-corrected chi connectivity index (χ0v) is 26.7. The number of aromatic nitrogens is 2. The van der Waals surface area contributed by atoms with Crippen LogP contribution in [0.5, 0.6) is 0 Å². The molecule has 10 aromatic rings. The van der Waals surface area contributed by atoms with Gasteiger partial charge in [0, 0.05) is 44.3 Å². The van der Waals surface area contributed by atoms with Crippen LogP contribution in [0.15, 0.2) is 188 Å². The minimum absolute atomic E-state index is 1.11. The maximum Gasteiger partial charge on any atom is 0.0782 e. The molecular weight excluding hydrogens is 595 g/mol. The zero-order chi connectivity index (χ0) is 32.3. The van der Waals surface area contributed by atoms with Crippen LogP contribution in [0.1, 0.15) is 0 Å². The summed E-state index contributed by atoms with van der Waals surface area (Å²) in [6.07, 6.45) is 0. The number of nitrogens with zero attached hydrogens (tertiary/aromatic N) is 3. The number of rotatable bonds is 5. The average Bonchev–Trinajstić information content (AvgIpc) is 3.69. The van der Waals surface area contributed by atoms with Gasteiger partial charge in [0.2, 0.25) is 0 Å². The summed E-state index contributed by atoms with van der Waals surface area (Å²) in [6.45, 7) is 0. The van der Waals surface area contributed by atoms with Gasteiger partial charge in [-0.25, -0.2) is 0 Å². The fourth-order valence-electron chi connectivity index (χ4n) is 7.72. The van der Waals surface area contributed by atoms with Crippen LogP contribution in [0.3, 0.4) is 0 Å². The first-order valence-electron chi connectivity index (χ1n) is 16.8.